The summed E-state index contributed by atoms with van der Waals surface area (Å²) in [5.74, 6) is 0.421. The van der Waals surface area contributed by atoms with Crippen LogP contribution in [0, 0.1) is 0 Å². The number of rotatable bonds is 5. The number of carbonyl (C=O) groups is 1. The molecular formula is C13H18ClN5O. The number of benzene rings is 1. The molecule has 7 heteroatoms. The van der Waals surface area contributed by atoms with Gasteiger partial charge in [0.05, 0.1) is 6.20 Å². The number of hydrogen-bond acceptors (Lipinski definition) is 3. The molecule has 0 aliphatic rings. The summed E-state index contributed by atoms with van der Waals surface area (Å²) in [6, 6.07) is 9.13. The average molecular weight is 296 g/mol. The minimum Gasteiger partial charge on any atom is -0.369 e. The number of nitrogens with two attached hydrogens (primary N) is 1. The number of H-pyrrole nitrogens is 1. The van der Waals surface area contributed by atoms with Gasteiger partial charge >= 0.3 is 6.03 Å². The van der Waals surface area contributed by atoms with Gasteiger partial charge in [0.25, 0.3) is 0 Å². The number of aryl methyl sites for hydroxylation is 1. The van der Waals surface area contributed by atoms with Gasteiger partial charge in [-0.1, -0.05) is 18.2 Å². The summed E-state index contributed by atoms with van der Waals surface area (Å²) in [4.78, 5) is 18.4. The van der Waals surface area contributed by atoms with Crippen LogP contribution in [0.5, 0.6) is 0 Å². The number of nitrogens with one attached hydrogen (secondary N) is 3. The largest absolute Gasteiger partial charge is 0.369 e. The van der Waals surface area contributed by atoms with Crippen LogP contribution in [0.3, 0.4) is 0 Å². The van der Waals surface area contributed by atoms with Crippen LogP contribution in [-0.4, -0.2) is 22.5 Å². The zero-order chi connectivity index (χ0) is 13.5. The van der Waals surface area contributed by atoms with Crippen LogP contribution in [0.15, 0.2) is 36.5 Å². The minimum absolute atomic E-state index is 0. The monoisotopic (exact) mass is 295 g/mol. The van der Waals surface area contributed by atoms with Crippen molar-refractivity contribution in [3.63, 3.8) is 0 Å². The fourth-order valence-corrected chi connectivity index (χ4v) is 1.68. The second-order valence-electron chi connectivity index (χ2n) is 4.14. The fourth-order valence-electron chi connectivity index (χ4n) is 1.68. The van der Waals surface area contributed by atoms with E-state index in [2.05, 4.69) is 20.6 Å². The van der Waals surface area contributed by atoms with Gasteiger partial charge in [-0.25, -0.2) is 9.78 Å². The van der Waals surface area contributed by atoms with E-state index in [0.29, 0.717) is 12.5 Å². The number of aromatic amines is 1. The summed E-state index contributed by atoms with van der Waals surface area (Å²) >= 11 is 0. The van der Waals surface area contributed by atoms with Crippen LogP contribution in [0.25, 0.3) is 0 Å². The Labute approximate surface area is 123 Å². The second kappa shape index (κ2) is 8.06. The van der Waals surface area contributed by atoms with Gasteiger partial charge in [0.15, 0.2) is 5.95 Å². The first-order valence-corrected chi connectivity index (χ1v) is 6.13. The lowest BCUT2D eigenvalue weighted by atomic mass is 10.2. The van der Waals surface area contributed by atoms with Crippen molar-refractivity contribution < 1.29 is 4.79 Å². The summed E-state index contributed by atoms with van der Waals surface area (Å²) in [5, 5.41) is 5.55. The number of carbonyl (C=O) groups excluding carboxylic acids is 1. The first-order valence-electron chi connectivity index (χ1n) is 6.13. The molecule has 0 spiro atoms. The summed E-state index contributed by atoms with van der Waals surface area (Å²) in [6.07, 6.45) is 3.33. The number of nitrogens with zero attached hydrogens (tertiary/aromatic N) is 1. The number of urea groups is 1. The molecule has 0 bridgehead atoms. The number of hydrogen-bond donors (Lipinski definition) is 4. The van der Waals surface area contributed by atoms with Crippen molar-refractivity contribution >= 4 is 30.1 Å². The van der Waals surface area contributed by atoms with Crippen molar-refractivity contribution in [2.24, 2.45) is 0 Å². The molecule has 1 heterocycles. The molecule has 0 aliphatic heterocycles. The molecule has 1 aromatic heterocycles. The number of nitrogen functional groups attached to an aromatic ring is 1. The van der Waals surface area contributed by atoms with Crippen molar-refractivity contribution in [2.45, 2.75) is 12.8 Å². The maximum absolute atomic E-state index is 11.6. The molecule has 0 radical (unpaired) electrons. The minimum atomic E-state index is -0.199. The molecule has 2 amide bonds. The summed E-state index contributed by atoms with van der Waals surface area (Å²) < 4.78 is 0. The van der Waals surface area contributed by atoms with Crippen molar-refractivity contribution in [1.29, 1.82) is 0 Å². The van der Waals surface area contributed by atoms with Crippen LogP contribution < -0.4 is 16.4 Å². The van der Waals surface area contributed by atoms with Crippen molar-refractivity contribution in [1.82, 2.24) is 15.3 Å². The van der Waals surface area contributed by atoms with E-state index in [1.54, 1.807) is 6.20 Å². The third-order valence-electron chi connectivity index (χ3n) is 2.59. The highest BCUT2D eigenvalue weighted by molar-refractivity contribution is 5.89. The average Bonchev–Trinajstić information content (AvgIpc) is 2.82. The molecule has 6 nitrogen and oxygen atoms in total. The van der Waals surface area contributed by atoms with E-state index in [-0.39, 0.29) is 18.4 Å². The highest BCUT2D eigenvalue weighted by Crippen LogP contribution is 2.04. The third-order valence-corrected chi connectivity index (χ3v) is 2.59. The van der Waals surface area contributed by atoms with Crippen LogP contribution in [0.4, 0.5) is 16.4 Å². The highest BCUT2D eigenvalue weighted by Gasteiger charge is 2.01. The van der Waals surface area contributed by atoms with E-state index in [4.69, 9.17) is 5.73 Å². The Morgan fingerprint density at radius 2 is 2.05 bits per heavy atom. The van der Waals surface area contributed by atoms with E-state index in [1.165, 1.54) is 0 Å². The third kappa shape index (κ3) is 5.19. The molecule has 1 aromatic carbocycles. The summed E-state index contributed by atoms with van der Waals surface area (Å²) in [6.45, 7) is 0.595. The van der Waals surface area contributed by atoms with E-state index >= 15 is 0 Å². The molecule has 20 heavy (non-hydrogen) atoms. The Balaban J connectivity index is 0.00000200. The molecule has 0 fully saturated rings. The Bertz CT molecular complexity index is 529. The number of imidazole rings is 1. The molecule has 0 saturated heterocycles. The molecule has 2 rings (SSSR count). The van der Waals surface area contributed by atoms with Gasteiger partial charge < -0.3 is 21.4 Å². The van der Waals surface area contributed by atoms with E-state index in [1.807, 2.05) is 30.3 Å². The van der Waals surface area contributed by atoms with Crippen LogP contribution in [-0.2, 0) is 6.42 Å². The molecule has 108 valence electrons. The fraction of sp³-hybridized carbons (Fsp3) is 0.231. The van der Waals surface area contributed by atoms with E-state index < -0.39 is 0 Å². The van der Waals surface area contributed by atoms with Gasteiger partial charge in [0, 0.05) is 17.9 Å². The number of aromatic nitrogens is 2. The first-order chi connectivity index (χ1) is 9.24. The maximum Gasteiger partial charge on any atom is 0.319 e. The topological polar surface area (TPSA) is 95.8 Å². The lowest BCUT2D eigenvalue weighted by Crippen LogP contribution is -2.29. The highest BCUT2D eigenvalue weighted by atomic mass is 35.5. The number of para-hydroxylation sites is 1. The smallest absolute Gasteiger partial charge is 0.319 e. The van der Waals surface area contributed by atoms with Crippen LogP contribution in [0.1, 0.15) is 12.1 Å². The normalized spacial score (nSPS) is 9.60. The first kappa shape index (κ1) is 15.8. The zero-order valence-corrected chi connectivity index (χ0v) is 11.7. The predicted molar refractivity (Wildman–Crippen MR) is 82.0 cm³/mol. The summed E-state index contributed by atoms with van der Waals surface area (Å²) in [7, 11) is 0. The lowest BCUT2D eigenvalue weighted by Gasteiger charge is -2.06. The molecule has 2 aromatic rings. The Morgan fingerprint density at radius 1 is 1.30 bits per heavy atom. The van der Waals surface area contributed by atoms with Gasteiger partial charge in [-0.05, 0) is 25.0 Å². The Hall–Kier alpha value is -2.21. The van der Waals surface area contributed by atoms with Crippen LogP contribution in [0.2, 0.25) is 0 Å². The Kier molecular flexibility index (Phi) is 6.39. The molecule has 0 aliphatic carbocycles. The molecule has 0 saturated carbocycles. The van der Waals surface area contributed by atoms with Crippen molar-refractivity contribution in [3.8, 4) is 0 Å². The van der Waals surface area contributed by atoms with Gasteiger partial charge in [0.2, 0.25) is 0 Å². The van der Waals surface area contributed by atoms with Gasteiger partial charge in [-0.2, -0.15) is 0 Å². The quantitative estimate of drug-likeness (QED) is 0.637. The predicted octanol–water partition coefficient (Wildman–Crippen LogP) is 2.17. The van der Waals surface area contributed by atoms with Gasteiger partial charge in [-0.15, -0.1) is 12.4 Å². The second-order valence-corrected chi connectivity index (χ2v) is 4.14. The zero-order valence-electron chi connectivity index (χ0n) is 10.9. The molecule has 0 unspecified atom stereocenters. The van der Waals surface area contributed by atoms with Gasteiger partial charge in [-0.3, -0.25) is 0 Å². The van der Waals surface area contributed by atoms with E-state index in [0.717, 1.165) is 24.2 Å². The van der Waals surface area contributed by atoms with Crippen molar-refractivity contribution in [3.05, 3.63) is 42.2 Å². The SMILES string of the molecule is Cl.Nc1ncc(CCCNC(=O)Nc2ccccc2)[nH]1. The molecule has 5 N–H and O–H groups in total. The number of halogens is 1. The lowest BCUT2D eigenvalue weighted by molar-refractivity contribution is 0.252. The van der Waals surface area contributed by atoms with Crippen LogP contribution >= 0.6 is 12.4 Å². The standard InChI is InChI=1S/C13H17N5O.ClH/c14-12-16-9-11(17-12)7-4-8-15-13(19)18-10-5-2-1-3-6-10;/h1-3,5-6,9H,4,7-8H2,(H3,14,16,17)(H2,15,18,19);1H. The number of amides is 2. The van der Waals surface area contributed by atoms with Crippen molar-refractivity contribution in [2.75, 3.05) is 17.6 Å². The van der Waals surface area contributed by atoms with Gasteiger partial charge in [0.1, 0.15) is 0 Å². The molecular weight excluding hydrogens is 278 g/mol. The maximum atomic E-state index is 11.6. The number of anilines is 2. The molecule has 0 atom stereocenters. The summed E-state index contributed by atoms with van der Waals surface area (Å²) in [5.41, 5.74) is 7.22. The Morgan fingerprint density at radius 3 is 2.70 bits per heavy atom. The van der Waals surface area contributed by atoms with E-state index in [9.17, 15) is 4.79 Å².